The number of thiophene rings is 1. The number of carboxylic acids is 1. The standard InChI is InChI=1S/C16H15N3O4S/c20-15(12-8-3-4-9(6-8)13(12)16(21)22)17-7-11-18-14(19-23-11)10-2-1-5-24-10/h1-5,8-9,12-13H,6-7H2,(H,17,20)(H,21,22)/t8-,9-,12+,13-/m0/s1. The molecule has 24 heavy (non-hydrogen) atoms. The van der Waals surface area contributed by atoms with Crippen LogP contribution in [0.5, 0.6) is 0 Å². The highest BCUT2D eigenvalue weighted by atomic mass is 32.1. The number of carbonyl (C=O) groups is 2. The Morgan fingerprint density at radius 2 is 2.12 bits per heavy atom. The third-order valence-electron chi connectivity index (χ3n) is 4.67. The molecule has 2 bridgehead atoms. The predicted octanol–water partition coefficient (Wildman–Crippen LogP) is 1.94. The highest BCUT2D eigenvalue weighted by Crippen LogP contribution is 2.48. The molecule has 4 atom stereocenters. The number of aliphatic carboxylic acids is 1. The number of fused-ring (bicyclic) bond motifs is 2. The van der Waals surface area contributed by atoms with E-state index in [4.69, 9.17) is 4.52 Å². The fourth-order valence-electron chi connectivity index (χ4n) is 3.63. The van der Waals surface area contributed by atoms with E-state index in [-0.39, 0.29) is 24.3 Å². The van der Waals surface area contributed by atoms with E-state index in [1.807, 2.05) is 29.7 Å². The Morgan fingerprint density at radius 1 is 1.33 bits per heavy atom. The van der Waals surface area contributed by atoms with Gasteiger partial charge in [0.25, 0.3) is 0 Å². The zero-order valence-electron chi connectivity index (χ0n) is 12.6. The summed E-state index contributed by atoms with van der Waals surface area (Å²) in [6.07, 6.45) is 4.60. The van der Waals surface area contributed by atoms with Crippen LogP contribution in [-0.2, 0) is 16.1 Å². The summed E-state index contributed by atoms with van der Waals surface area (Å²) in [4.78, 5) is 29.1. The number of amides is 1. The zero-order valence-corrected chi connectivity index (χ0v) is 13.4. The van der Waals surface area contributed by atoms with Gasteiger partial charge in [-0.1, -0.05) is 23.4 Å². The van der Waals surface area contributed by atoms with Crippen LogP contribution in [0.4, 0.5) is 0 Å². The van der Waals surface area contributed by atoms with Gasteiger partial charge in [-0.2, -0.15) is 4.98 Å². The second-order valence-corrected chi connectivity index (χ2v) is 6.99. The number of rotatable bonds is 5. The van der Waals surface area contributed by atoms with Gasteiger partial charge in [0.1, 0.15) is 0 Å². The van der Waals surface area contributed by atoms with Gasteiger partial charge in [0.05, 0.1) is 23.3 Å². The molecule has 0 aromatic carbocycles. The lowest BCUT2D eigenvalue weighted by Crippen LogP contribution is -2.39. The van der Waals surface area contributed by atoms with Crippen molar-refractivity contribution in [1.29, 1.82) is 0 Å². The maximum atomic E-state index is 12.5. The Balaban J connectivity index is 1.42. The van der Waals surface area contributed by atoms with Gasteiger partial charge in [-0.15, -0.1) is 11.3 Å². The average Bonchev–Trinajstić information content (AvgIpc) is 3.35. The molecular weight excluding hydrogens is 330 g/mol. The fraction of sp³-hybridized carbons (Fsp3) is 0.375. The Hall–Kier alpha value is -2.48. The number of nitrogens with zero attached hydrogens (tertiary/aromatic N) is 2. The second kappa shape index (κ2) is 5.86. The number of allylic oxidation sites excluding steroid dienone is 2. The first-order valence-corrected chi connectivity index (χ1v) is 8.57. The molecule has 4 rings (SSSR count). The molecule has 1 saturated carbocycles. The Morgan fingerprint density at radius 3 is 2.83 bits per heavy atom. The van der Waals surface area contributed by atoms with Crippen LogP contribution in [0, 0.1) is 23.7 Å². The molecule has 1 amide bonds. The molecule has 1 fully saturated rings. The van der Waals surface area contributed by atoms with E-state index >= 15 is 0 Å². The van der Waals surface area contributed by atoms with Gasteiger partial charge in [0, 0.05) is 0 Å². The molecule has 7 nitrogen and oxygen atoms in total. The fourth-order valence-corrected chi connectivity index (χ4v) is 4.28. The molecule has 2 heterocycles. The van der Waals surface area contributed by atoms with E-state index in [9.17, 15) is 14.7 Å². The number of aromatic nitrogens is 2. The van der Waals surface area contributed by atoms with Crippen LogP contribution in [0.1, 0.15) is 12.3 Å². The van der Waals surface area contributed by atoms with Crippen LogP contribution in [0.15, 0.2) is 34.2 Å². The number of carbonyl (C=O) groups excluding carboxylic acids is 1. The summed E-state index contributed by atoms with van der Waals surface area (Å²) in [5.74, 6) is -1.61. The first-order valence-electron chi connectivity index (χ1n) is 7.69. The first kappa shape index (κ1) is 15.1. The molecule has 2 aliphatic rings. The molecule has 0 aliphatic heterocycles. The molecule has 2 aromatic heterocycles. The summed E-state index contributed by atoms with van der Waals surface area (Å²) in [6, 6.07) is 3.78. The molecular formula is C16H15N3O4S. The highest BCUT2D eigenvalue weighted by molar-refractivity contribution is 7.13. The Kier molecular flexibility index (Phi) is 3.68. The normalized spacial score (nSPS) is 27.5. The third-order valence-corrected chi connectivity index (χ3v) is 5.54. The number of nitrogens with one attached hydrogen (secondary N) is 1. The van der Waals surface area contributed by atoms with Crippen molar-refractivity contribution in [3.8, 4) is 10.7 Å². The van der Waals surface area contributed by atoms with Crippen LogP contribution in [0.25, 0.3) is 10.7 Å². The van der Waals surface area contributed by atoms with Gasteiger partial charge in [0.15, 0.2) is 0 Å². The molecule has 2 aromatic rings. The van der Waals surface area contributed by atoms with Gasteiger partial charge in [-0.3, -0.25) is 9.59 Å². The van der Waals surface area contributed by atoms with Crippen LogP contribution in [-0.4, -0.2) is 27.1 Å². The van der Waals surface area contributed by atoms with E-state index in [1.165, 1.54) is 11.3 Å². The van der Waals surface area contributed by atoms with Crippen LogP contribution in [0.2, 0.25) is 0 Å². The highest BCUT2D eigenvalue weighted by Gasteiger charge is 2.51. The monoisotopic (exact) mass is 345 g/mol. The van der Waals surface area contributed by atoms with E-state index in [1.54, 1.807) is 0 Å². The molecule has 8 heteroatoms. The van der Waals surface area contributed by atoms with E-state index in [0.29, 0.717) is 11.7 Å². The largest absolute Gasteiger partial charge is 0.481 e. The molecule has 0 saturated heterocycles. The van der Waals surface area contributed by atoms with Crippen molar-refractivity contribution in [2.75, 3.05) is 0 Å². The third kappa shape index (κ3) is 2.52. The first-order chi connectivity index (χ1) is 11.6. The second-order valence-electron chi connectivity index (χ2n) is 6.04. The minimum atomic E-state index is -0.912. The van der Waals surface area contributed by atoms with E-state index in [2.05, 4.69) is 15.5 Å². The van der Waals surface area contributed by atoms with Crippen molar-refractivity contribution in [1.82, 2.24) is 15.5 Å². The summed E-state index contributed by atoms with van der Waals surface area (Å²) in [5.41, 5.74) is 0. The lowest BCUT2D eigenvalue weighted by molar-refractivity contribution is -0.147. The van der Waals surface area contributed by atoms with Gasteiger partial charge < -0.3 is 14.9 Å². The lowest BCUT2D eigenvalue weighted by atomic mass is 9.82. The van der Waals surface area contributed by atoms with Crippen molar-refractivity contribution in [3.63, 3.8) is 0 Å². The minimum absolute atomic E-state index is 0.000430. The van der Waals surface area contributed by atoms with Crippen molar-refractivity contribution >= 4 is 23.2 Å². The predicted molar refractivity (Wildman–Crippen MR) is 84.8 cm³/mol. The summed E-state index contributed by atoms with van der Waals surface area (Å²) >= 11 is 1.50. The van der Waals surface area contributed by atoms with Crippen molar-refractivity contribution in [3.05, 3.63) is 35.6 Å². The molecule has 0 spiro atoms. The summed E-state index contributed by atoms with van der Waals surface area (Å²) < 4.78 is 5.14. The zero-order chi connectivity index (χ0) is 16.7. The van der Waals surface area contributed by atoms with Crippen LogP contribution in [0.3, 0.4) is 0 Å². The smallest absolute Gasteiger partial charge is 0.307 e. The Bertz CT molecular complexity index is 798. The maximum absolute atomic E-state index is 12.5. The molecule has 0 radical (unpaired) electrons. The number of hydrogen-bond donors (Lipinski definition) is 2. The van der Waals surface area contributed by atoms with Crippen molar-refractivity contribution < 1.29 is 19.2 Å². The lowest BCUT2D eigenvalue weighted by Gasteiger charge is -2.23. The van der Waals surface area contributed by atoms with Gasteiger partial charge in [0.2, 0.25) is 17.6 Å². The topological polar surface area (TPSA) is 105 Å². The van der Waals surface area contributed by atoms with Gasteiger partial charge >= 0.3 is 5.97 Å². The summed E-state index contributed by atoms with van der Waals surface area (Å²) in [6.45, 7) is 0.0984. The molecule has 0 unspecified atom stereocenters. The Labute approximate surface area is 141 Å². The SMILES string of the molecule is O=C(O)[C@@H]1[C@H](C(=O)NCc2nc(-c3cccs3)no2)[C@H]2C=C[C@H]1C2. The quantitative estimate of drug-likeness (QED) is 0.802. The average molecular weight is 345 g/mol. The molecule has 124 valence electrons. The van der Waals surface area contributed by atoms with Crippen LogP contribution >= 0.6 is 11.3 Å². The minimum Gasteiger partial charge on any atom is -0.481 e. The van der Waals surface area contributed by atoms with E-state index in [0.717, 1.165) is 11.3 Å². The maximum Gasteiger partial charge on any atom is 0.307 e. The molecule has 2 N–H and O–H groups in total. The van der Waals surface area contributed by atoms with E-state index < -0.39 is 17.8 Å². The molecule has 2 aliphatic carbocycles. The number of hydrogen-bond acceptors (Lipinski definition) is 6. The number of carboxylic acid groups (broad SMARTS) is 1. The van der Waals surface area contributed by atoms with Crippen LogP contribution < -0.4 is 5.32 Å². The van der Waals surface area contributed by atoms with Gasteiger partial charge in [-0.25, -0.2) is 0 Å². The summed E-state index contributed by atoms with van der Waals surface area (Å²) in [7, 11) is 0. The summed E-state index contributed by atoms with van der Waals surface area (Å²) in [5, 5.41) is 17.9. The van der Waals surface area contributed by atoms with Crippen molar-refractivity contribution in [2.24, 2.45) is 23.7 Å². The van der Waals surface area contributed by atoms with Gasteiger partial charge in [-0.05, 0) is 29.7 Å². The van der Waals surface area contributed by atoms with Crippen molar-refractivity contribution in [2.45, 2.75) is 13.0 Å².